The van der Waals surface area contributed by atoms with Gasteiger partial charge in [0.25, 0.3) is 11.8 Å². The van der Waals surface area contributed by atoms with Gasteiger partial charge in [-0.1, -0.05) is 115 Å². The topological polar surface area (TPSA) is 202 Å². The van der Waals surface area contributed by atoms with Gasteiger partial charge in [-0.05, 0) is 132 Å². The summed E-state index contributed by atoms with van der Waals surface area (Å²) >= 11 is 0. The van der Waals surface area contributed by atoms with Gasteiger partial charge in [0.1, 0.15) is 35.0 Å². The highest BCUT2D eigenvalue weighted by atomic mass is 16.5. The summed E-state index contributed by atoms with van der Waals surface area (Å²) in [5.74, 6) is 9.32. The van der Waals surface area contributed by atoms with E-state index in [-0.39, 0.29) is 24.3 Å². The van der Waals surface area contributed by atoms with E-state index in [0.29, 0.717) is 78.7 Å². The Labute approximate surface area is 472 Å². The lowest BCUT2D eigenvalue weighted by Crippen LogP contribution is -2.43. The van der Waals surface area contributed by atoms with Gasteiger partial charge in [0, 0.05) is 24.0 Å². The summed E-state index contributed by atoms with van der Waals surface area (Å²) < 4.78 is 21.8. The second-order valence-corrected chi connectivity index (χ2v) is 18.1. The smallest absolute Gasteiger partial charge is 0.343 e. The Morgan fingerprint density at radius 1 is 0.390 bits per heavy atom. The minimum absolute atomic E-state index is 0.0350. The van der Waals surface area contributed by atoms with Crippen molar-refractivity contribution in [2.75, 3.05) is 14.2 Å². The quantitative estimate of drug-likeness (QED) is 0.0527. The van der Waals surface area contributed by atoms with Gasteiger partial charge in [-0.25, -0.2) is 34.1 Å². The van der Waals surface area contributed by atoms with Crippen LogP contribution in [0.25, 0.3) is 22.8 Å². The molecular weight excluding hydrogens is 1030 g/mol. The molecule has 0 unspecified atom stereocenters. The van der Waals surface area contributed by atoms with Gasteiger partial charge in [0.2, 0.25) is 0 Å². The molecule has 0 saturated heterocycles. The molecular formula is C67H49N5O10. The Kier molecular flexibility index (Phi) is 18.2. The van der Waals surface area contributed by atoms with Gasteiger partial charge in [0.15, 0.2) is 0 Å². The van der Waals surface area contributed by atoms with Crippen LogP contribution in [0.3, 0.4) is 0 Å². The van der Waals surface area contributed by atoms with E-state index in [1.165, 1.54) is 14.2 Å². The minimum atomic E-state index is -1.05. The van der Waals surface area contributed by atoms with E-state index in [1.807, 2.05) is 6.07 Å². The molecule has 3 heterocycles. The van der Waals surface area contributed by atoms with E-state index < -0.39 is 47.8 Å². The molecule has 2 N–H and O–H groups in total. The first-order valence-corrected chi connectivity index (χ1v) is 25.6. The molecule has 0 bridgehead atoms. The number of ether oxygens (including phenoxy) is 4. The standard InChI is InChI=1S/C67H49N5O10/c1-79-66(77)58(71-62(73)46-18-7-3-8-19-46)42-44-32-38-60(81-64(75)48-22-11-5-12-23-48)50(40-44)34-36-52-26-15-28-54(68-52)56-30-17-31-57(70-56)55-29-16-27-53(69-55)37-35-51-41-45(33-39-61(51)82-65(76)49-24-13-6-14-25-49)43-59(67(78)80-2)72-63(74)47-20-9-4-10-21-47/h3-33,38-41,58-59H,42-43H2,1-2H3,(H,71,73)(H,72,74)/t58-,59-/m0/s1. The highest BCUT2D eigenvalue weighted by Gasteiger charge is 2.25. The van der Waals surface area contributed by atoms with Crippen molar-refractivity contribution in [3.8, 4) is 58.0 Å². The predicted molar refractivity (Wildman–Crippen MR) is 305 cm³/mol. The Morgan fingerprint density at radius 2 is 0.732 bits per heavy atom. The maximum absolute atomic E-state index is 13.3. The maximum Gasteiger partial charge on any atom is 0.343 e. The van der Waals surface area contributed by atoms with E-state index in [4.69, 9.17) is 33.9 Å². The zero-order valence-corrected chi connectivity index (χ0v) is 44.2. The molecule has 0 radical (unpaired) electrons. The highest BCUT2D eigenvalue weighted by molar-refractivity contribution is 5.98. The molecule has 0 aliphatic carbocycles. The molecule has 402 valence electrons. The number of rotatable bonds is 16. The third-order valence-corrected chi connectivity index (χ3v) is 12.5. The summed E-state index contributed by atoms with van der Waals surface area (Å²) in [6.45, 7) is 0. The van der Waals surface area contributed by atoms with Crippen LogP contribution in [0, 0.1) is 23.7 Å². The SMILES string of the molecule is COC(=O)[C@H](Cc1ccc(OC(=O)c2ccccc2)c(C#Cc2cccc(-c3cccc(-c4cccc(C#Cc5cc(C[C@H](NC(=O)c6ccccc6)C(=O)OC)ccc5OC(=O)c5ccccc5)n4)n3)n2)c1)NC(=O)c1ccccc1. The first-order chi connectivity index (χ1) is 40.0. The Balaban J connectivity index is 0.977. The van der Waals surface area contributed by atoms with Crippen LogP contribution < -0.4 is 20.1 Å². The molecule has 3 aromatic heterocycles. The number of nitrogens with one attached hydrogen (secondary N) is 2. The van der Waals surface area contributed by atoms with E-state index in [9.17, 15) is 28.8 Å². The molecule has 0 aliphatic rings. The lowest BCUT2D eigenvalue weighted by atomic mass is 10.0. The van der Waals surface area contributed by atoms with Crippen LogP contribution in [0.5, 0.6) is 11.5 Å². The van der Waals surface area contributed by atoms with Crippen molar-refractivity contribution < 1.29 is 47.7 Å². The fourth-order valence-electron chi connectivity index (χ4n) is 8.33. The van der Waals surface area contributed by atoms with Crippen LogP contribution in [0.4, 0.5) is 0 Å². The van der Waals surface area contributed by atoms with Crippen LogP contribution in [0.15, 0.2) is 212 Å². The van der Waals surface area contributed by atoms with E-state index in [0.717, 1.165) is 0 Å². The molecule has 2 amide bonds. The molecule has 15 heteroatoms. The van der Waals surface area contributed by atoms with Crippen molar-refractivity contribution in [1.82, 2.24) is 25.6 Å². The summed E-state index contributed by atoms with van der Waals surface area (Å²) in [7, 11) is 2.48. The number of pyridine rings is 3. The van der Waals surface area contributed by atoms with Gasteiger partial charge in [-0.2, -0.15) is 0 Å². The van der Waals surface area contributed by atoms with Gasteiger partial charge < -0.3 is 29.6 Å². The third-order valence-electron chi connectivity index (χ3n) is 12.5. The summed E-state index contributed by atoms with van der Waals surface area (Å²) in [6, 6.07) is 57.8. The molecule has 2 atom stereocenters. The number of carbonyl (C=O) groups is 6. The lowest BCUT2D eigenvalue weighted by Gasteiger charge is -2.17. The molecule has 0 saturated carbocycles. The molecule has 15 nitrogen and oxygen atoms in total. The largest absolute Gasteiger partial charge is 0.467 e. The second-order valence-electron chi connectivity index (χ2n) is 18.1. The van der Waals surface area contributed by atoms with Crippen LogP contribution >= 0.6 is 0 Å². The van der Waals surface area contributed by atoms with Crippen LogP contribution in [0.1, 0.15) is 75.1 Å². The summed E-state index contributed by atoms with van der Waals surface area (Å²) in [5.41, 5.74) is 5.96. The number of aromatic nitrogens is 3. The number of nitrogens with zero attached hydrogens (tertiary/aromatic N) is 3. The van der Waals surface area contributed by atoms with E-state index in [2.05, 4.69) is 34.3 Å². The Hall–Kier alpha value is -11.3. The zero-order valence-electron chi connectivity index (χ0n) is 44.2. The molecule has 0 aliphatic heterocycles. The minimum Gasteiger partial charge on any atom is -0.467 e. The van der Waals surface area contributed by atoms with Gasteiger partial charge in [-0.15, -0.1) is 0 Å². The van der Waals surface area contributed by atoms with Crippen molar-refractivity contribution >= 4 is 35.7 Å². The van der Waals surface area contributed by atoms with Crippen LogP contribution in [-0.4, -0.2) is 76.9 Å². The number of hydrogen-bond donors (Lipinski definition) is 2. The number of amides is 2. The first-order valence-electron chi connectivity index (χ1n) is 25.6. The van der Waals surface area contributed by atoms with Crippen molar-refractivity contribution in [2.24, 2.45) is 0 Å². The normalized spacial score (nSPS) is 11.1. The van der Waals surface area contributed by atoms with Gasteiger partial charge >= 0.3 is 23.9 Å². The molecule has 0 spiro atoms. The van der Waals surface area contributed by atoms with Gasteiger partial charge in [0.05, 0.1) is 59.2 Å². The van der Waals surface area contributed by atoms with Crippen LogP contribution in [0.2, 0.25) is 0 Å². The third kappa shape index (κ3) is 14.6. The summed E-state index contributed by atoms with van der Waals surface area (Å²) in [4.78, 5) is 93.3. The van der Waals surface area contributed by atoms with Crippen LogP contribution in [-0.2, 0) is 31.9 Å². The molecule has 82 heavy (non-hydrogen) atoms. The predicted octanol–water partition coefficient (Wildman–Crippen LogP) is 9.47. The molecule has 9 aromatic rings. The number of carbonyl (C=O) groups excluding carboxylic acids is 6. The van der Waals surface area contributed by atoms with E-state index >= 15 is 0 Å². The Morgan fingerprint density at radius 3 is 1.10 bits per heavy atom. The fourth-order valence-corrected chi connectivity index (χ4v) is 8.33. The molecule has 6 aromatic carbocycles. The van der Waals surface area contributed by atoms with Crippen molar-refractivity contribution in [1.29, 1.82) is 0 Å². The second kappa shape index (κ2) is 26.9. The Bertz CT molecular complexity index is 3690. The van der Waals surface area contributed by atoms with Crippen molar-refractivity contribution in [2.45, 2.75) is 24.9 Å². The highest BCUT2D eigenvalue weighted by Crippen LogP contribution is 2.26. The molecule has 9 rings (SSSR count). The van der Waals surface area contributed by atoms with Gasteiger partial charge in [-0.3, -0.25) is 9.59 Å². The zero-order chi connectivity index (χ0) is 57.2. The number of methoxy groups -OCH3 is 2. The number of benzene rings is 6. The average Bonchev–Trinajstić information content (AvgIpc) is 3.67. The lowest BCUT2D eigenvalue weighted by molar-refractivity contribution is -0.143. The van der Waals surface area contributed by atoms with Crippen molar-refractivity contribution in [3.05, 3.63) is 268 Å². The maximum atomic E-state index is 13.3. The summed E-state index contributed by atoms with van der Waals surface area (Å²) in [6.07, 6.45) is 0.0700. The van der Waals surface area contributed by atoms with Crippen molar-refractivity contribution in [3.63, 3.8) is 0 Å². The summed E-state index contributed by atoms with van der Waals surface area (Å²) in [5, 5.41) is 5.53. The molecule has 0 fully saturated rings. The van der Waals surface area contributed by atoms with E-state index in [1.54, 1.807) is 206 Å². The fraction of sp³-hybridized carbons (Fsp3) is 0.0896. The average molecular weight is 1080 g/mol. The first kappa shape index (κ1) is 55.5. The monoisotopic (exact) mass is 1080 g/mol. The number of esters is 4. The number of hydrogen-bond acceptors (Lipinski definition) is 13.